The molecule has 1 N–H and O–H groups in total. The highest BCUT2D eigenvalue weighted by Crippen LogP contribution is 2.25. The van der Waals surface area contributed by atoms with Gasteiger partial charge in [-0.2, -0.15) is 4.98 Å². The number of hydrogen-bond donors (Lipinski definition) is 1. The molecule has 21 heavy (non-hydrogen) atoms. The molecule has 0 radical (unpaired) electrons. The van der Waals surface area contributed by atoms with Crippen molar-refractivity contribution in [1.29, 1.82) is 0 Å². The molecule has 0 bridgehead atoms. The Bertz CT molecular complexity index is 841. The number of nitrogens with one attached hydrogen (secondary N) is 1. The number of nitrogens with zero attached hydrogens (tertiary/aromatic N) is 2. The van der Waals surface area contributed by atoms with Gasteiger partial charge < -0.3 is 10.1 Å². The number of aromatic nitrogens is 2. The lowest BCUT2D eigenvalue weighted by Crippen LogP contribution is -2.23. The first kappa shape index (κ1) is 13.2. The van der Waals surface area contributed by atoms with Crippen LogP contribution in [-0.2, 0) is 0 Å². The summed E-state index contributed by atoms with van der Waals surface area (Å²) >= 11 is 0. The van der Waals surface area contributed by atoms with Crippen LogP contribution in [0.3, 0.4) is 0 Å². The number of benzene rings is 2. The third-order valence-corrected chi connectivity index (χ3v) is 3.35. The first-order valence-electron chi connectivity index (χ1n) is 6.58. The fourth-order valence-electron chi connectivity index (χ4n) is 2.35. The Balaban J connectivity index is 2.43. The number of fused-ring (bicyclic) bond motifs is 1. The maximum Gasteiger partial charge on any atom is 0.354 e. The third kappa shape index (κ3) is 2.23. The molecule has 1 aromatic heterocycles. The summed E-state index contributed by atoms with van der Waals surface area (Å²) in [6.45, 7) is 0. The lowest BCUT2D eigenvalue weighted by Gasteiger charge is -2.13. The maximum atomic E-state index is 12.4. The van der Waals surface area contributed by atoms with Crippen LogP contribution in [0.25, 0.3) is 16.6 Å². The normalized spacial score (nSPS) is 10.6. The summed E-state index contributed by atoms with van der Waals surface area (Å²) in [6.07, 6.45) is 0. The van der Waals surface area contributed by atoms with Crippen molar-refractivity contribution in [2.24, 2.45) is 0 Å². The van der Waals surface area contributed by atoms with Crippen molar-refractivity contribution < 1.29 is 4.74 Å². The van der Waals surface area contributed by atoms with E-state index in [4.69, 9.17) is 4.74 Å². The number of para-hydroxylation sites is 1. The van der Waals surface area contributed by atoms with Gasteiger partial charge in [-0.1, -0.05) is 18.2 Å². The van der Waals surface area contributed by atoms with Gasteiger partial charge in [0, 0.05) is 18.5 Å². The minimum atomic E-state index is -0.327. The fraction of sp³-hybridized carbons (Fsp3) is 0.125. The van der Waals surface area contributed by atoms with E-state index in [-0.39, 0.29) is 5.69 Å². The zero-order valence-corrected chi connectivity index (χ0v) is 11.8. The molecule has 0 saturated carbocycles. The highest BCUT2D eigenvalue weighted by molar-refractivity contribution is 5.91. The average Bonchev–Trinajstić information content (AvgIpc) is 2.54. The molecule has 1 heterocycles. The van der Waals surface area contributed by atoms with E-state index in [2.05, 4.69) is 10.3 Å². The fourth-order valence-corrected chi connectivity index (χ4v) is 2.35. The Morgan fingerprint density at radius 3 is 2.57 bits per heavy atom. The van der Waals surface area contributed by atoms with Gasteiger partial charge in [-0.05, 0) is 24.3 Å². The van der Waals surface area contributed by atoms with E-state index < -0.39 is 0 Å². The predicted molar refractivity (Wildman–Crippen MR) is 83.4 cm³/mol. The highest BCUT2D eigenvalue weighted by Gasteiger charge is 2.11. The minimum absolute atomic E-state index is 0.327. The van der Waals surface area contributed by atoms with Crippen molar-refractivity contribution in [3.8, 4) is 11.4 Å². The zero-order chi connectivity index (χ0) is 14.8. The largest absolute Gasteiger partial charge is 0.497 e. The minimum Gasteiger partial charge on any atom is -0.497 e. The van der Waals surface area contributed by atoms with Gasteiger partial charge in [0.15, 0.2) is 0 Å². The monoisotopic (exact) mass is 281 g/mol. The van der Waals surface area contributed by atoms with Crippen LogP contribution < -0.4 is 15.7 Å². The van der Waals surface area contributed by atoms with E-state index in [1.54, 1.807) is 18.7 Å². The smallest absolute Gasteiger partial charge is 0.354 e. The highest BCUT2D eigenvalue weighted by atomic mass is 16.5. The number of ether oxygens (including phenoxy) is 1. The number of rotatable bonds is 3. The quantitative estimate of drug-likeness (QED) is 0.801. The van der Waals surface area contributed by atoms with Gasteiger partial charge in [-0.25, -0.2) is 4.79 Å². The molecule has 0 fully saturated rings. The molecule has 0 spiro atoms. The molecule has 3 aromatic rings. The molecule has 106 valence electrons. The third-order valence-electron chi connectivity index (χ3n) is 3.35. The van der Waals surface area contributed by atoms with Crippen LogP contribution in [0.15, 0.2) is 53.3 Å². The van der Waals surface area contributed by atoms with Gasteiger partial charge in [-0.3, -0.25) is 4.57 Å². The second-order valence-corrected chi connectivity index (χ2v) is 4.55. The first-order chi connectivity index (χ1) is 10.2. The van der Waals surface area contributed by atoms with Crippen molar-refractivity contribution >= 4 is 16.7 Å². The lowest BCUT2D eigenvalue weighted by molar-refractivity contribution is 0.415. The molecule has 2 aromatic carbocycles. The van der Waals surface area contributed by atoms with Crippen LogP contribution in [0.5, 0.6) is 5.75 Å². The summed E-state index contributed by atoms with van der Waals surface area (Å²) in [4.78, 5) is 16.5. The predicted octanol–water partition coefficient (Wildman–Crippen LogP) is 2.44. The molecule has 5 heteroatoms. The van der Waals surface area contributed by atoms with Crippen molar-refractivity contribution in [2.75, 3.05) is 19.5 Å². The van der Waals surface area contributed by atoms with Gasteiger partial charge in [0.05, 0.1) is 18.3 Å². The summed E-state index contributed by atoms with van der Waals surface area (Å²) in [5.74, 6) is 1.25. The molecule has 5 nitrogen and oxygen atoms in total. The van der Waals surface area contributed by atoms with Crippen LogP contribution in [0, 0.1) is 0 Å². The van der Waals surface area contributed by atoms with E-state index in [9.17, 15) is 4.79 Å². The van der Waals surface area contributed by atoms with E-state index >= 15 is 0 Å². The molecule has 0 aliphatic heterocycles. The van der Waals surface area contributed by atoms with Gasteiger partial charge >= 0.3 is 5.69 Å². The van der Waals surface area contributed by atoms with E-state index in [1.165, 1.54) is 0 Å². The maximum absolute atomic E-state index is 12.4. The summed E-state index contributed by atoms with van der Waals surface area (Å²) in [7, 11) is 3.35. The van der Waals surface area contributed by atoms with Gasteiger partial charge in [0.2, 0.25) is 0 Å². The summed E-state index contributed by atoms with van der Waals surface area (Å²) < 4.78 is 6.85. The average molecular weight is 281 g/mol. The number of anilines is 1. The molecule has 0 amide bonds. The number of methoxy groups -OCH3 is 1. The molecule has 0 saturated heterocycles. The Hall–Kier alpha value is -2.82. The topological polar surface area (TPSA) is 56.2 Å². The standard InChI is InChI=1S/C16H15N3O2/c1-17-15-13-9-8-12(21-2)10-14(13)19(16(20)18-15)11-6-4-3-5-7-11/h3-10H,1-2H3,(H,17,18,20). The molecule has 0 atom stereocenters. The molecule has 0 unspecified atom stereocenters. The van der Waals surface area contributed by atoms with Crippen LogP contribution in [0.2, 0.25) is 0 Å². The van der Waals surface area contributed by atoms with Crippen molar-refractivity contribution in [1.82, 2.24) is 9.55 Å². The first-order valence-corrected chi connectivity index (χ1v) is 6.58. The van der Waals surface area contributed by atoms with Crippen molar-refractivity contribution in [3.63, 3.8) is 0 Å². The van der Waals surface area contributed by atoms with Crippen LogP contribution in [0.4, 0.5) is 5.82 Å². The zero-order valence-electron chi connectivity index (χ0n) is 11.8. The van der Waals surface area contributed by atoms with E-state index in [0.29, 0.717) is 11.6 Å². The van der Waals surface area contributed by atoms with E-state index in [0.717, 1.165) is 16.6 Å². The van der Waals surface area contributed by atoms with Gasteiger partial charge in [0.25, 0.3) is 0 Å². The second kappa shape index (κ2) is 5.28. The lowest BCUT2D eigenvalue weighted by atomic mass is 10.2. The summed E-state index contributed by atoms with van der Waals surface area (Å²) in [6, 6.07) is 15.0. The summed E-state index contributed by atoms with van der Waals surface area (Å²) in [5, 5.41) is 3.82. The van der Waals surface area contributed by atoms with Crippen molar-refractivity contribution in [2.45, 2.75) is 0 Å². The Morgan fingerprint density at radius 1 is 1.14 bits per heavy atom. The van der Waals surface area contributed by atoms with Crippen LogP contribution >= 0.6 is 0 Å². The molecule has 0 aliphatic rings. The SMILES string of the molecule is CNc1nc(=O)n(-c2ccccc2)c2cc(OC)ccc12. The van der Waals surface area contributed by atoms with E-state index in [1.807, 2.05) is 48.5 Å². The van der Waals surface area contributed by atoms with Gasteiger partial charge in [-0.15, -0.1) is 0 Å². The summed E-state index contributed by atoms with van der Waals surface area (Å²) in [5.41, 5.74) is 1.20. The Morgan fingerprint density at radius 2 is 1.90 bits per heavy atom. The molecule has 0 aliphatic carbocycles. The van der Waals surface area contributed by atoms with Crippen molar-refractivity contribution in [3.05, 3.63) is 59.0 Å². The second-order valence-electron chi connectivity index (χ2n) is 4.55. The number of hydrogen-bond acceptors (Lipinski definition) is 4. The molecular formula is C16H15N3O2. The Kier molecular flexibility index (Phi) is 3.31. The Labute approximate surface area is 121 Å². The van der Waals surface area contributed by atoms with Crippen LogP contribution in [0.1, 0.15) is 0 Å². The van der Waals surface area contributed by atoms with Gasteiger partial charge in [0.1, 0.15) is 11.6 Å². The molecule has 3 rings (SSSR count). The molecular weight excluding hydrogens is 266 g/mol. The van der Waals surface area contributed by atoms with Crippen LogP contribution in [-0.4, -0.2) is 23.7 Å².